The zero-order chi connectivity index (χ0) is 21.8. The Bertz CT molecular complexity index is 1160. The van der Waals surface area contributed by atoms with E-state index in [-0.39, 0.29) is 29.2 Å². The number of aromatic nitrogens is 2. The van der Waals surface area contributed by atoms with Crippen LogP contribution >= 0.6 is 11.8 Å². The first-order valence-corrected chi connectivity index (χ1v) is 13.4. The van der Waals surface area contributed by atoms with Crippen LogP contribution in [0.15, 0.2) is 59.8 Å². The number of hydrogen-bond acceptors (Lipinski definition) is 5. The second-order valence-electron chi connectivity index (χ2n) is 7.84. The van der Waals surface area contributed by atoms with Crippen LogP contribution in [0, 0.1) is 0 Å². The standard InChI is InChI=1S/C23H27N3O3S2/c1-2-3-14-25(19-13-15-31(28,29)17-19)22(27)16-30-23-24-20-11-7-8-12-21(20)26(23)18-9-5-4-6-10-18/h4-12,19H,2-3,13-17H2,1H3. The normalized spacial score (nSPS) is 17.8. The first-order valence-electron chi connectivity index (χ1n) is 10.6. The lowest BCUT2D eigenvalue weighted by Crippen LogP contribution is -2.42. The van der Waals surface area contributed by atoms with E-state index in [9.17, 15) is 13.2 Å². The van der Waals surface area contributed by atoms with Crippen molar-refractivity contribution >= 4 is 38.5 Å². The number of carbonyl (C=O) groups is 1. The average Bonchev–Trinajstić information content (AvgIpc) is 3.32. The molecule has 6 nitrogen and oxygen atoms in total. The minimum Gasteiger partial charge on any atom is -0.338 e. The molecular formula is C23H27N3O3S2. The Kier molecular flexibility index (Phi) is 6.67. The summed E-state index contributed by atoms with van der Waals surface area (Å²) in [6.45, 7) is 2.68. The highest BCUT2D eigenvalue weighted by Crippen LogP contribution is 2.29. The monoisotopic (exact) mass is 457 g/mol. The predicted molar refractivity (Wildman–Crippen MR) is 125 cm³/mol. The van der Waals surface area contributed by atoms with Gasteiger partial charge in [-0.05, 0) is 37.1 Å². The summed E-state index contributed by atoms with van der Waals surface area (Å²) in [4.78, 5) is 19.7. The number of hydrogen-bond donors (Lipinski definition) is 0. The van der Waals surface area contributed by atoms with Gasteiger partial charge < -0.3 is 4.90 Å². The maximum Gasteiger partial charge on any atom is 0.233 e. The van der Waals surface area contributed by atoms with Gasteiger partial charge in [0.2, 0.25) is 5.91 Å². The van der Waals surface area contributed by atoms with Gasteiger partial charge in [-0.15, -0.1) is 0 Å². The first kappa shape index (κ1) is 21.9. The fourth-order valence-electron chi connectivity index (χ4n) is 4.00. The molecule has 4 rings (SSSR count). The van der Waals surface area contributed by atoms with E-state index >= 15 is 0 Å². The molecule has 1 amide bonds. The molecule has 0 aliphatic carbocycles. The summed E-state index contributed by atoms with van der Waals surface area (Å²) in [6, 6.07) is 17.7. The number of para-hydroxylation sites is 3. The number of thioether (sulfide) groups is 1. The van der Waals surface area contributed by atoms with Gasteiger partial charge in [-0.3, -0.25) is 9.36 Å². The summed E-state index contributed by atoms with van der Waals surface area (Å²) in [5.74, 6) is 0.462. The average molecular weight is 458 g/mol. The Morgan fingerprint density at radius 3 is 2.61 bits per heavy atom. The van der Waals surface area contributed by atoms with Crippen molar-refractivity contribution in [2.45, 2.75) is 37.4 Å². The molecule has 0 spiro atoms. The number of imidazole rings is 1. The summed E-state index contributed by atoms with van der Waals surface area (Å²) in [5.41, 5.74) is 2.87. The van der Waals surface area contributed by atoms with Crippen LogP contribution in [0.4, 0.5) is 0 Å². The maximum absolute atomic E-state index is 13.2. The van der Waals surface area contributed by atoms with Crippen LogP contribution < -0.4 is 0 Å². The van der Waals surface area contributed by atoms with Crippen LogP contribution in [0.5, 0.6) is 0 Å². The van der Waals surface area contributed by atoms with Gasteiger partial charge in [-0.2, -0.15) is 0 Å². The zero-order valence-corrected chi connectivity index (χ0v) is 19.2. The second-order valence-corrected chi connectivity index (χ2v) is 11.0. The molecule has 1 unspecified atom stereocenters. The van der Waals surface area contributed by atoms with Gasteiger partial charge in [0, 0.05) is 18.3 Å². The summed E-state index contributed by atoms with van der Waals surface area (Å²) >= 11 is 1.41. The molecule has 1 aliphatic heterocycles. The quantitative estimate of drug-likeness (QED) is 0.479. The SMILES string of the molecule is CCCCN(C(=O)CSc1nc2ccccc2n1-c1ccccc1)C1CCS(=O)(=O)C1. The molecule has 1 aliphatic rings. The Labute approximate surface area is 187 Å². The third kappa shape index (κ3) is 4.96. The highest BCUT2D eigenvalue weighted by Gasteiger charge is 2.34. The molecule has 31 heavy (non-hydrogen) atoms. The molecule has 2 heterocycles. The number of nitrogens with zero attached hydrogens (tertiary/aromatic N) is 3. The molecule has 0 radical (unpaired) electrons. The molecule has 1 fully saturated rings. The largest absolute Gasteiger partial charge is 0.338 e. The Morgan fingerprint density at radius 2 is 1.90 bits per heavy atom. The third-order valence-electron chi connectivity index (χ3n) is 5.59. The smallest absolute Gasteiger partial charge is 0.233 e. The van der Waals surface area contributed by atoms with Gasteiger partial charge in [0.25, 0.3) is 0 Å². The van der Waals surface area contributed by atoms with Gasteiger partial charge in [0.05, 0.1) is 28.3 Å². The summed E-state index contributed by atoms with van der Waals surface area (Å²) < 4.78 is 26.0. The van der Waals surface area contributed by atoms with Gasteiger partial charge in [0.15, 0.2) is 15.0 Å². The topological polar surface area (TPSA) is 72.3 Å². The molecule has 164 valence electrons. The predicted octanol–water partition coefficient (Wildman–Crippen LogP) is 3.93. The van der Waals surface area contributed by atoms with Crippen LogP contribution in [0.2, 0.25) is 0 Å². The van der Waals surface area contributed by atoms with Crippen LogP contribution in [-0.4, -0.2) is 58.6 Å². The summed E-state index contributed by atoms with van der Waals surface area (Å²) in [7, 11) is -3.04. The highest BCUT2D eigenvalue weighted by molar-refractivity contribution is 7.99. The summed E-state index contributed by atoms with van der Waals surface area (Å²) in [6.07, 6.45) is 2.36. The fourth-order valence-corrected chi connectivity index (χ4v) is 6.64. The highest BCUT2D eigenvalue weighted by atomic mass is 32.2. The van der Waals surface area contributed by atoms with Crippen molar-refractivity contribution in [1.82, 2.24) is 14.5 Å². The van der Waals surface area contributed by atoms with E-state index in [1.807, 2.05) is 54.6 Å². The van der Waals surface area contributed by atoms with Crippen molar-refractivity contribution in [3.05, 3.63) is 54.6 Å². The van der Waals surface area contributed by atoms with E-state index in [4.69, 9.17) is 4.98 Å². The molecule has 3 aromatic rings. The lowest BCUT2D eigenvalue weighted by molar-refractivity contribution is -0.130. The van der Waals surface area contributed by atoms with E-state index in [1.165, 1.54) is 11.8 Å². The van der Waals surface area contributed by atoms with E-state index in [0.717, 1.165) is 34.7 Å². The molecule has 0 N–H and O–H groups in total. The van der Waals surface area contributed by atoms with Crippen molar-refractivity contribution in [2.75, 3.05) is 23.8 Å². The van der Waals surface area contributed by atoms with Crippen LogP contribution in [0.25, 0.3) is 16.7 Å². The van der Waals surface area contributed by atoms with E-state index < -0.39 is 9.84 Å². The first-order chi connectivity index (χ1) is 15.0. The minimum atomic E-state index is -3.04. The molecule has 1 saturated heterocycles. The Balaban J connectivity index is 1.57. The van der Waals surface area contributed by atoms with Gasteiger partial charge in [-0.1, -0.05) is 55.4 Å². The van der Waals surface area contributed by atoms with E-state index in [0.29, 0.717) is 13.0 Å². The number of benzene rings is 2. The summed E-state index contributed by atoms with van der Waals surface area (Å²) in [5, 5.41) is 0.759. The maximum atomic E-state index is 13.2. The van der Waals surface area contributed by atoms with Gasteiger partial charge in [-0.25, -0.2) is 13.4 Å². The zero-order valence-electron chi connectivity index (χ0n) is 17.6. The number of rotatable bonds is 8. The number of unbranched alkanes of at least 4 members (excludes halogenated alkanes) is 1. The van der Waals surface area contributed by atoms with Crippen molar-refractivity contribution in [1.29, 1.82) is 0 Å². The molecule has 2 aromatic carbocycles. The number of sulfone groups is 1. The van der Waals surface area contributed by atoms with Crippen LogP contribution in [0.1, 0.15) is 26.2 Å². The fraction of sp³-hybridized carbons (Fsp3) is 0.391. The molecule has 0 bridgehead atoms. The second kappa shape index (κ2) is 9.44. The van der Waals surface area contributed by atoms with Crippen LogP contribution in [-0.2, 0) is 14.6 Å². The number of fused-ring (bicyclic) bond motifs is 1. The Morgan fingerprint density at radius 1 is 1.16 bits per heavy atom. The van der Waals surface area contributed by atoms with E-state index in [1.54, 1.807) is 4.90 Å². The lowest BCUT2D eigenvalue weighted by Gasteiger charge is -2.28. The van der Waals surface area contributed by atoms with Crippen molar-refractivity contribution in [2.24, 2.45) is 0 Å². The van der Waals surface area contributed by atoms with Gasteiger partial charge in [0.1, 0.15) is 0 Å². The molecular weight excluding hydrogens is 430 g/mol. The Hall–Kier alpha value is -2.32. The van der Waals surface area contributed by atoms with Crippen molar-refractivity contribution < 1.29 is 13.2 Å². The minimum absolute atomic E-state index is 0.0211. The number of amides is 1. The lowest BCUT2D eigenvalue weighted by atomic mass is 10.2. The van der Waals surface area contributed by atoms with Crippen molar-refractivity contribution in [3.8, 4) is 5.69 Å². The van der Waals surface area contributed by atoms with Crippen molar-refractivity contribution in [3.63, 3.8) is 0 Å². The van der Waals surface area contributed by atoms with Crippen LogP contribution in [0.3, 0.4) is 0 Å². The van der Waals surface area contributed by atoms with E-state index in [2.05, 4.69) is 11.5 Å². The molecule has 8 heteroatoms. The number of carbonyl (C=O) groups excluding carboxylic acids is 1. The third-order valence-corrected chi connectivity index (χ3v) is 8.26. The molecule has 1 aromatic heterocycles. The molecule has 1 atom stereocenters. The van der Waals surface area contributed by atoms with Gasteiger partial charge >= 0.3 is 0 Å². The molecule has 0 saturated carbocycles.